The molecular weight excluding hydrogens is 1100 g/mol. The maximum absolute atomic E-state index is 13.3. The van der Waals surface area contributed by atoms with E-state index in [9.17, 15) is 45.6 Å². The number of carbonyl (C=O) groups is 1. The molecule has 2 saturated heterocycles. The highest BCUT2D eigenvalue weighted by Gasteiger charge is 2.51. The highest BCUT2D eigenvalue weighted by atomic mass is 16.7. The molecule has 0 radical (unpaired) electrons. The van der Waals surface area contributed by atoms with E-state index in [0.717, 1.165) is 96.3 Å². The SMILES string of the molecule is CC/C=C\C/C=C\C/C=C\C/C=C\C/C=C\C/C=C\C/C=C\C/C=C\C/C=C\CCCCCC(=O)NC(COC1OC(CO)C(OC2OC(CO)C(O)C(O)C2O)C(O)C1O)C(O)/C=C/CCCCCCCCCCCCCCCCCCCCCC. The van der Waals surface area contributed by atoms with E-state index >= 15 is 0 Å². The van der Waals surface area contributed by atoms with Gasteiger partial charge >= 0.3 is 0 Å². The Hall–Kier alpha value is -3.61. The highest BCUT2D eigenvalue weighted by molar-refractivity contribution is 5.76. The van der Waals surface area contributed by atoms with Gasteiger partial charge in [-0.05, 0) is 89.9 Å². The van der Waals surface area contributed by atoms with Crippen LogP contribution in [0.2, 0.25) is 0 Å². The van der Waals surface area contributed by atoms with Gasteiger partial charge in [-0.3, -0.25) is 4.79 Å². The van der Waals surface area contributed by atoms with Gasteiger partial charge in [0.05, 0.1) is 32.0 Å². The first-order valence-corrected chi connectivity index (χ1v) is 34.3. The van der Waals surface area contributed by atoms with Crippen LogP contribution in [0.3, 0.4) is 0 Å². The van der Waals surface area contributed by atoms with Crippen LogP contribution in [0, 0.1) is 0 Å². The number of hydrogen-bond acceptors (Lipinski definition) is 13. The molecule has 12 atom stereocenters. The van der Waals surface area contributed by atoms with Crippen molar-refractivity contribution >= 4 is 5.91 Å². The number of hydrogen-bond donors (Lipinski definition) is 9. The fourth-order valence-electron chi connectivity index (χ4n) is 10.5. The molecule has 0 saturated carbocycles. The molecule has 9 N–H and O–H groups in total. The first kappa shape index (κ1) is 79.5. The summed E-state index contributed by atoms with van der Waals surface area (Å²) < 4.78 is 22.8. The summed E-state index contributed by atoms with van der Waals surface area (Å²) >= 11 is 0. The van der Waals surface area contributed by atoms with Crippen molar-refractivity contribution in [2.75, 3.05) is 19.8 Å². The van der Waals surface area contributed by atoms with Gasteiger partial charge < -0.3 is 65.1 Å². The van der Waals surface area contributed by atoms with Crippen LogP contribution < -0.4 is 5.32 Å². The summed E-state index contributed by atoms with van der Waals surface area (Å²) in [6, 6.07) is -0.943. The zero-order valence-corrected chi connectivity index (χ0v) is 54.0. The fraction of sp³-hybridized carbons (Fsp3) is 0.712. The van der Waals surface area contributed by atoms with Gasteiger partial charge in [-0.2, -0.15) is 0 Å². The summed E-state index contributed by atoms with van der Waals surface area (Å²) in [6.45, 7) is 2.67. The molecule has 2 fully saturated rings. The zero-order chi connectivity index (χ0) is 63.1. The Kier molecular flexibility index (Phi) is 51.5. The Morgan fingerprint density at radius 1 is 0.425 bits per heavy atom. The standard InChI is InChI=1S/C73H123NO13/c1-3-5-7-9-11-13-15-17-19-21-23-25-27-28-29-30-31-32-33-34-35-37-39-41-43-45-47-49-51-53-55-57-65(78)74-61(60-84-72-70(83)68(81)71(64(59-76)86-72)87-73-69(82)67(80)66(79)63(58-75)85-73)62(77)56-54-52-50-48-46-44-42-40-38-36-26-24-22-20-18-16-14-12-10-8-6-4-2/h5,7,11,13,17,19,23,25,28-29,31-32,34-35,39,41,45,47,54,56,61-64,66-73,75-77,79-83H,3-4,6,8-10,12,14-16,18,20-22,24,26-27,30,33,36-38,40,42-44,46,48-53,55,57-60H2,1-2H3,(H,74,78)/b7-5-,13-11-,19-17-,25-23-,29-28-,32-31-,35-34-,41-39-,47-45-,56-54+. The second kappa shape index (κ2) is 56.4. The van der Waals surface area contributed by atoms with Crippen LogP contribution in [0.5, 0.6) is 0 Å². The molecule has 498 valence electrons. The quantitative estimate of drug-likeness (QED) is 0.0204. The minimum absolute atomic E-state index is 0.233. The monoisotopic (exact) mass is 1220 g/mol. The Morgan fingerprint density at radius 3 is 1.22 bits per heavy atom. The molecule has 2 heterocycles. The molecule has 2 rings (SSSR count). The van der Waals surface area contributed by atoms with Crippen LogP contribution >= 0.6 is 0 Å². The number of rotatable bonds is 54. The van der Waals surface area contributed by atoms with E-state index in [-0.39, 0.29) is 18.9 Å². The Balaban J connectivity index is 1.73. The Bertz CT molecular complexity index is 1920. The number of nitrogens with one attached hydrogen (secondary N) is 1. The van der Waals surface area contributed by atoms with Gasteiger partial charge in [0, 0.05) is 6.42 Å². The molecule has 0 spiro atoms. The van der Waals surface area contributed by atoms with Gasteiger partial charge in [-0.15, -0.1) is 0 Å². The average Bonchev–Trinajstić information content (AvgIpc) is 2.33. The largest absolute Gasteiger partial charge is 0.394 e. The third-order valence-corrected chi connectivity index (χ3v) is 15.9. The summed E-state index contributed by atoms with van der Waals surface area (Å²) in [4.78, 5) is 13.3. The van der Waals surface area contributed by atoms with Gasteiger partial charge in [-0.25, -0.2) is 0 Å². The van der Waals surface area contributed by atoms with E-state index in [0.29, 0.717) is 6.42 Å². The van der Waals surface area contributed by atoms with Crippen molar-refractivity contribution in [1.29, 1.82) is 0 Å². The van der Waals surface area contributed by atoms with Crippen LogP contribution in [-0.2, 0) is 23.7 Å². The number of aliphatic hydroxyl groups is 8. The maximum Gasteiger partial charge on any atom is 0.220 e. The molecule has 0 aliphatic carbocycles. The van der Waals surface area contributed by atoms with Crippen molar-refractivity contribution in [2.45, 2.75) is 312 Å². The highest BCUT2D eigenvalue weighted by Crippen LogP contribution is 2.30. The topological polar surface area (TPSA) is 228 Å². The normalized spacial score (nSPS) is 24.1. The van der Waals surface area contributed by atoms with E-state index in [2.05, 4.69) is 129 Å². The molecule has 14 heteroatoms. The van der Waals surface area contributed by atoms with Crippen molar-refractivity contribution in [1.82, 2.24) is 5.32 Å². The lowest BCUT2D eigenvalue weighted by Gasteiger charge is -2.46. The van der Waals surface area contributed by atoms with Gasteiger partial charge in [-0.1, -0.05) is 264 Å². The average molecular weight is 1220 g/mol. The van der Waals surface area contributed by atoms with Gasteiger partial charge in [0.15, 0.2) is 12.6 Å². The second-order valence-corrected chi connectivity index (χ2v) is 23.6. The minimum atomic E-state index is -1.80. The zero-order valence-electron chi connectivity index (χ0n) is 54.0. The molecular formula is C73H123NO13. The molecule has 0 aromatic rings. The lowest BCUT2D eigenvalue weighted by Crippen LogP contribution is -2.65. The smallest absolute Gasteiger partial charge is 0.220 e. The molecule has 1 amide bonds. The molecule has 14 nitrogen and oxygen atoms in total. The minimum Gasteiger partial charge on any atom is -0.394 e. The number of aliphatic hydroxyl groups excluding tert-OH is 8. The molecule has 87 heavy (non-hydrogen) atoms. The van der Waals surface area contributed by atoms with Crippen LogP contribution in [0.4, 0.5) is 0 Å². The van der Waals surface area contributed by atoms with Crippen molar-refractivity contribution < 1.29 is 64.6 Å². The Morgan fingerprint density at radius 2 is 0.793 bits per heavy atom. The van der Waals surface area contributed by atoms with Crippen molar-refractivity contribution in [3.8, 4) is 0 Å². The van der Waals surface area contributed by atoms with Crippen LogP contribution in [0.15, 0.2) is 122 Å². The summed E-state index contributed by atoms with van der Waals surface area (Å²) in [6.07, 6.45) is 65.2. The molecule has 12 unspecified atom stereocenters. The molecule has 2 aliphatic rings. The van der Waals surface area contributed by atoms with E-state index in [1.165, 1.54) is 116 Å². The maximum atomic E-state index is 13.3. The number of ether oxygens (including phenoxy) is 4. The van der Waals surface area contributed by atoms with Gasteiger partial charge in [0.25, 0.3) is 0 Å². The van der Waals surface area contributed by atoms with Crippen molar-refractivity contribution in [3.63, 3.8) is 0 Å². The lowest BCUT2D eigenvalue weighted by atomic mass is 9.97. The fourth-order valence-corrected chi connectivity index (χ4v) is 10.5. The van der Waals surface area contributed by atoms with E-state index in [1.54, 1.807) is 6.08 Å². The summed E-state index contributed by atoms with van der Waals surface area (Å²) in [5.74, 6) is -0.274. The van der Waals surface area contributed by atoms with Crippen LogP contribution in [-0.4, -0.2) is 140 Å². The van der Waals surface area contributed by atoms with Crippen LogP contribution in [0.1, 0.15) is 239 Å². The van der Waals surface area contributed by atoms with Crippen LogP contribution in [0.25, 0.3) is 0 Å². The molecule has 2 aliphatic heterocycles. The first-order valence-electron chi connectivity index (χ1n) is 34.3. The van der Waals surface area contributed by atoms with E-state index in [1.807, 2.05) is 6.08 Å². The van der Waals surface area contributed by atoms with E-state index < -0.39 is 86.8 Å². The van der Waals surface area contributed by atoms with Crippen molar-refractivity contribution in [3.05, 3.63) is 122 Å². The first-order chi connectivity index (χ1) is 42.6. The molecule has 0 bridgehead atoms. The predicted molar refractivity (Wildman–Crippen MR) is 355 cm³/mol. The number of allylic oxidation sites excluding steroid dienone is 19. The predicted octanol–water partition coefficient (Wildman–Crippen LogP) is 13.7. The lowest BCUT2D eigenvalue weighted by molar-refractivity contribution is -0.359. The third-order valence-electron chi connectivity index (χ3n) is 15.9. The van der Waals surface area contributed by atoms with Crippen molar-refractivity contribution in [2.24, 2.45) is 0 Å². The third kappa shape index (κ3) is 40.7. The number of carbonyl (C=O) groups excluding carboxylic acids is 1. The summed E-state index contributed by atoms with van der Waals surface area (Å²) in [7, 11) is 0. The number of amides is 1. The molecule has 0 aromatic heterocycles. The van der Waals surface area contributed by atoms with E-state index in [4.69, 9.17) is 18.9 Å². The van der Waals surface area contributed by atoms with Gasteiger partial charge in [0.2, 0.25) is 5.91 Å². The molecule has 0 aromatic carbocycles. The summed E-state index contributed by atoms with van der Waals surface area (Å²) in [5.41, 5.74) is 0. The summed E-state index contributed by atoms with van der Waals surface area (Å²) in [5, 5.41) is 87.4. The number of unbranched alkanes of at least 4 members (excludes halogenated alkanes) is 23. The second-order valence-electron chi connectivity index (χ2n) is 23.6. The Labute approximate surface area is 527 Å². The van der Waals surface area contributed by atoms with Gasteiger partial charge in [0.1, 0.15) is 48.8 Å².